The van der Waals surface area contributed by atoms with Gasteiger partial charge in [-0.2, -0.15) is 0 Å². The Morgan fingerprint density at radius 1 is 0.911 bits per heavy atom. The second-order valence-corrected chi connectivity index (χ2v) is 13.6. The zero-order valence-corrected chi connectivity index (χ0v) is 26.4. The van der Waals surface area contributed by atoms with Gasteiger partial charge in [-0.3, -0.25) is 14.9 Å². The maximum atomic E-state index is 13.7. The zero-order chi connectivity index (χ0) is 31.3. The number of anilines is 1. The van der Waals surface area contributed by atoms with E-state index in [1.54, 1.807) is 12.1 Å². The zero-order valence-electron chi connectivity index (χ0n) is 25.6. The van der Waals surface area contributed by atoms with Gasteiger partial charge >= 0.3 is 6.03 Å². The predicted molar refractivity (Wildman–Crippen MR) is 173 cm³/mol. The minimum Gasteiger partial charge on any atom is -0.490 e. The molecule has 232 valence electrons. The Morgan fingerprint density at radius 2 is 1.56 bits per heavy atom. The van der Waals surface area contributed by atoms with Gasteiger partial charge in [0.2, 0.25) is 0 Å². The van der Waals surface area contributed by atoms with Gasteiger partial charge in [0.25, 0.3) is 11.8 Å². The van der Waals surface area contributed by atoms with Crippen LogP contribution in [0, 0.1) is 24.7 Å². The van der Waals surface area contributed by atoms with Crippen LogP contribution >= 0.6 is 11.6 Å². The average molecular weight is 625 g/mol. The van der Waals surface area contributed by atoms with Crippen LogP contribution in [0.3, 0.4) is 0 Å². The van der Waals surface area contributed by atoms with E-state index in [-0.39, 0.29) is 16.0 Å². The summed E-state index contributed by atoms with van der Waals surface area (Å²) in [5, 5.41) is 2.60. The molecule has 1 aliphatic heterocycles. The van der Waals surface area contributed by atoms with Crippen molar-refractivity contribution >= 4 is 41.2 Å². The second-order valence-electron chi connectivity index (χ2n) is 13.2. The number of carbonyl (C=O) groups is 3. The quantitative estimate of drug-likeness (QED) is 0.205. The molecule has 5 aliphatic rings. The van der Waals surface area contributed by atoms with E-state index < -0.39 is 17.8 Å². The van der Waals surface area contributed by atoms with Crippen LogP contribution in [0.5, 0.6) is 11.5 Å². The number of nitrogens with one attached hydrogen (secondary N) is 1. The van der Waals surface area contributed by atoms with E-state index in [1.807, 2.05) is 50.2 Å². The van der Waals surface area contributed by atoms with Crippen molar-refractivity contribution in [3.63, 3.8) is 0 Å². The van der Waals surface area contributed by atoms with E-state index in [2.05, 4.69) is 17.4 Å². The summed E-state index contributed by atoms with van der Waals surface area (Å²) in [4.78, 5) is 40.6. The lowest BCUT2D eigenvalue weighted by Crippen LogP contribution is -2.54. The number of aryl methyl sites for hydroxylation is 1. The topological polar surface area (TPSA) is 84.9 Å². The smallest absolute Gasteiger partial charge is 0.335 e. The predicted octanol–water partition coefficient (Wildman–Crippen LogP) is 7.76. The van der Waals surface area contributed by atoms with Crippen LogP contribution in [0.15, 0.2) is 66.2 Å². The molecule has 0 unspecified atom stereocenters. The molecule has 0 spiro atoms. The molecular formula is C37H37ClN2O5. The van der Waals surface area contributed by atoms with E-state index >= 15 is 0 Å². The van der Waals surface area contributed by atoms with Crippen molar-refractivity contribution in [3.8, 4) is 11.5 Å². The molecule has 0 radical (unpaired) electrons. The van der Waals surface area contributed by atoms with Crippen molar-refractivity contribution < 1.29 is 23.9 Å². The van der Waals surface area contributed by atoms with E-state index in [9.17, 15) is 14.4 Å². The van der Waals surface area contributed by atoms with Gasteiger partial charge in [0.1, 0.15) is 12.2 Å². The van der Waals surface area contributed by atoms with Gasteiger partial charge in [0, 0.05) is 0 Å². The summed E-state index contributed by atoms with van der Waals surface area (Å²) in [6, 6.07) is 18.3. The summed E-state index contributed by atoms with van der Waals surface area (Å²) in [7, 11) is 0. The fourth-order valence-electron chi connectivity index (χ4n) is 8.40. The number of hydrogen-bond donors (Lipinski definition) is 1. The second kappa shape index (κ2) is 11.7. The first-order chi connectivity index (χ1) is 21.7. The molecule has 0 atom stereocenters. The molecule has 1 heterocycles. The summed E-state index contributed by atoms with van der Waals surface area (Å²) in [6.45, 7) is 4.52. The number of nitrogens with zero attached hydrogens (tertiary/aromatic N) is 1. The Labute approximate surface area is 268 Å². The maximum Gasteiger partial charge on any atom is 0.335 e. The minimum absolute atomic E-state index is 0.174. The minimum atomic E-state index is -0.766. The van der Waals surface area contributed by atoms with Crippen LogP contribution in [-0.4, -0.2) is 24.5 Å². The van der Waals surface area contributed by atoms with Crippen LogP contribution in [0.25, 0.3) is 6.08 Å². The molecule has 4 aliphatic carbocycles. The number of amides is 4. The molecule has 4 bridgehead atoms. The number of rotatable bonds is 8. The van der Waals surface area contributed by atoms with Gasteiger partial charge in [-0.25, -0.2) is 9.69 Å². The molecule has 1 saturated heterocycles. The van der Waals surface area contributed by atoms with E-state index in [0.29, 0.717) is 36.0 Å². The average Bonchev–Trinajstić information content (AvgIpc) is 2.99. The number of halogens is 1. The normalized spacial score (nSPS) is 26.4. The van der Waals surface area contributed by atoms with Crippen LogP contribution in [0.4, 0.5) is 10.5 Å². The van der Waals surface area contributed by atoms with Crippen LogP contribution in [0.2, 0.25) is 5.02 Å². The standard InChI is InChI=1S/C37H37ClN2O5/c1-3-44-32-17-24(16-31(38)33(32)45-21-23-6-4-22(2)5-7-23)15-30-34(41)39-36(43)40(35(30)42)29-10-8-28(9-11-29)37-18-25-12-26(19-37)14-27(13-25)20-37/h4-11,15-17,25-27H,3,12-14,18-21H2,1-2H3,(H,39,41,43)/b30-15+. The lowest BCUT2D eigenvalue weighted by molar-refractivity contribution is -0.122. The highest BCUT2D eigenvalue weighted by atomic mass is 35.5. The number of hydrogen-bond acceptors (Lipinski definition) is 5. The molecule has 5 fully saturated rings. The molecule has 7 nitrogen and oxygen atoms in total. The van der Waals surface area contributed by atoms with Gasteiger partial charge in [0.05, 0.1) is 17.3 Å². The Morgan fingerprint density at radius 3 is 2.18 bits per heavy atom. The molecule has 1 N–H and O–H groups in total. The molecule has 8 heteroatoms. The van der Waals surface area contributed by atoms with Crippen molar-refractivity contribution in [2.75, 3.05) is 11.5 Å². The van der Waals surface area contributed by atoms with Crippen molar-refractivity contribution in [2.24, 2.45) is 17.8 Å². The molecule has 3 aromatic rings. The van der Waals surface area contributed by atoms with Gasteiger partial charge in [-0.15, -0.1) is 0 Å². The monoisotopic (exact) mass is 624 g/mol. The largest absolute Gasteiger partial charge is 0.490 e. The van der Waals surface area contributed by atoms with Gasteiger partial charge in [-0.1, -0.05) is 53.6 Å². The number of ether oxygens (including phenoxy) is 2. The number of barbiturate groups is 1. The Kier molecular flexibility index (Phi) is 7.68. The first-order valence-corrected chi connectivity index (χ1v) is 16.3. The SMILES string of the molecule is CCOc1cc(/C=C2\C(=O)NC(=O)N(c3ccc(C45CC6CC(CC(C6)C4)C5)cc3)C2=O)cc(Cl)c1OCc1ccc(C)cc1. The summed E-state index contributed by atoms with van der Waals surface area (Å²) >= 11 is 6.64. The van der Waals surface area contributed by atoms with Crippen molar-refractivity contribution in [1.29, 1.82) is 0 Å². The lowest BCUT2D eigenvalue weighted by atomic mass is 9.48. The van der Waals surface area contributed by atoms with Gasteiger partial charge in [-0.05, 0) is 123 Å². The summed E-state index contributed by atoms with van der Waals surface area (Å²) < 4.78 is 11.9. The molecule has 45 heavy (non-hydrogen) atoms. The van der Waals surface area contributed by atoms with E-state index in [4.69, 9.17) is 21.1 Å². The highest BCUT2D eigenvalue weighted by molar-refractivity contribution is 6.39. The molecular weight excluding hydrogens is 588 g/mol. The highest BCUT2D eigenvalue weighted by Crippen LogP contribution is 2.60. The highest BCUT2D eigenvalue weighted by Gasteiger charge is 2.51. The first kappa shape index (κ1) is 29.6. The summed E-state index contributed by atoms with van der Waals surface area (Å²) in [5.74, 6) is 1.75. The number of carbonyl (C=O) groups excluding carboxylic acids is 3. The molecule has 4 saturated carbocycles. The van der Waals surface area contributed by atoms with Crippen LogP contribution < -0.4 is 19.7 Å². The van der Waals surface area contributed by atoms with Gasteiger partial charge in [0.15, 0.2) is 11.5 Å². The van der Waals surface area contributed by atoms with E-state index in [1.165, 1.54) is 50.2 Å². The third kappa shape index (κ3) is 5.63. The third-order valence-electron chi connectivity index (χ3n) is 10.0. The number of imide groups is 2. The van der Waals surface area contributed by atoms with Crippen molar-refractivity contribution in [1.82, 2.24) is 5.32 Å². The Bertz CT molecular complexity index is 1660. The first-order valence-electron chi connectivity index (χ1n) is 15.9. The fourth-order valence-corrected chi connectivity index (χ4v) is 8.67. The Balaban J connectivity index is 1.14. The third-order valence-corrected chi connectivity index (χ3v) is 10.3. The molecule has 0 aromatic heterocycles. The van der Waals surface area contributed by atoms with E-state index in [0.717, 1.165) is 33.8 Å². The summed E-state index contributed by atoms with van der Waals surface area (Å²) in [6.07, 6.45) is 9.20. The van der Waals surface area contributed by atoms with Crippen LogP contribution in [-0.2, 0) is 21.6 Å². The number of benzene rings is 3. The lowest BCUT2D eigenvalue weighted by Gasteiger charge is -2.57. The van der Waals surface area contributed by atoms with Crippen molar-refractivity contribution in [2.45, 2.75) is 64.4 Å². The van der Waals surface area contributed by atoms with Gasteiger partial charge < -0.3 is 9.47 Å². The Hall–Kier alpha value is -4.10. The summed E-state index contributed by atoms with van der Waals surface area (Å²) in [5.41, 5.74) is 4.35. The van der Waals surface area contributed by atoms with Crippen LogP contribution in [0.1, 0.15) is 67.7 Å². The molecule has 4 amide bonds. The fraction of sp³-hybridized carbons (Fsp3) is 0.378. The number of urea groups is 1. The molecule has 8 rings (SSSR count). The molecule has 3 aromatic carbocycles. The maximum absolute atomic E-state index is 13.7. The van der Waals surface area contributed by atoms with Crippen molar-refractivity contribution in [3.05, 3.63) is 93.5 Å².